The standard InChI is InChI=1S/C12H10ClFO2/c1-16-12(15)10-6-9(4-2-3-5-13)7-11(14)8-10/h6-8H,3,5H2,1H3. The predicted octanol–water partition coefficient (Wildman–Crippen LogP) is 2.59. The molecular formula is C12H10ClFO2. The molecule has 1 rings (SSSR count). The fourth-order valence-electron chi connectivity index (χ4n) is 1.11. The topological polar surface area (TPSA) is 26.3 Å². The van der Waals surface area contributed by atoms with Gasteiger partial charge in [-0.15, -0.1) is 11.6 Å². The number of ether oxygens (including phenoxy) is 1. The lowest BCUT2D eigenvalue weighted by Gasteiger charge is -2.00. The maximum atomic E-state index is 13.1. The van der Waals surface area contributed by atoms with Crippen molar-refractivity contribution >= 4 is 17.6 Å². The second-order valence-corrected chi connectivity index (χ2v) is 3.34. The molecule has 1 aromatic rings. The third kappa shape index (κ3) is 3.56. The van der Waals surface area contributed by atoms with Crippen LogP contribution in [0.4, 0.5) is 4.39 Å². The van der Waals surface area contributed by atoms with E-state index in [0.29, 0.717) is 17.9 Å². The number of benzene rings is 1. The van der Waals surface area contributed by atoms with Crippen LogP contribution in [0.5, 0.6) is 0 Å². The van der Waals surface area contributed by atoms with Crippen LogP contribution in [0.15, 0.2) is 18.2 Å². The van der Waals surface area contributed by atoms with Crippen LogP contribution in [0.3, 0.4) is 0 Å². The molecule has 0 N–H and O–H groups in total. The van der Waals surface area contributed by atoms with Crippen LogP contribution in [-0.2, 0) is 4.74 Å². The highest BCUT2D eigenvalue weighted by Gasteiger charge is 2.07. The molecule has 0 unspecified atom stereocenters. The molecule has 0 aliphatic carbocycles. The van der Waals surface area contributed by atoms with Gasteiger partial charge in [-0.3, -0.25) is 0 Å². The molecule has 0 spiro atoms. The molecule has 0 aliphatic heterocycles. The minimum atomic E-state index is -0.583. The monoisotopic (exact) mass is 240 g/mol. The van der Waals surface area contributed by atoms with Crippen LogP contribution in [0.25, 0.3) is 0 Å². The highest BCUT2D eigenvalue weighted by atomic mass is 35.5. The van der Waals surface area contributed by atoms with Crippen molar-refractivity contribution in [1.82, 2.24) is 0 Å². The van der Waals surface area contributed by atoms with Crippen LogP contribution in [0.1, 0.15) is 22.3 Å². The van der Waals surface area contributed by atoms with Gasteiger partial charge in [-0.05, 0) is 18.2 Å². The number of halogens is 2. The number of esters is 1. The summed E-state index contributed by atoms with van der Waals surface area (Å²) < 4.78 is 17.6. The van der Waals surface area contributed by atoms with Gasteiger partial charge in [-0.1, -0.05) is 11.8 Å². The van der Waals surface area contributed by atoms with Gasteiger partial charge in [0.05, 0.1) is 12.7 Å². The molecule has 16 heavy (non-hydrogen) atoms. The van der Waals surface area contributed by atoms with Crippen molar-refractivity contribution in [2.45, 2.75) is 6.42 Å². The average molecular weight is 241 g/mol. The van der Waals surface area contributed by atoms with Gasteiger partial charge in [0.2, 0.25) is 0 Å². The van der Waals surface area contributed by atoms with E-state index >= 15 is 0 Å². The van der Waals surface area contributed by atoms with Crippen molar-refractivity contribution in [3.05, 3.63) is 35.1 Å². The lowest BCUT2D eigenvalue weighted by molar-refractivity contribution is 0.0600. The van der Waals surface area contributed by atoms with Gasteiger partial charge in [-0.2, -0.15) is 0 Å². The third-order valence-electron chi connectivity index (χ3n) is 1.77. The summed E-state index contributed by atoms with van der Waals surface area (Å²) in [7, 11) is 1.24. The summed E-state index contributed by atoms with van der Waals surface area (Å²) in [4.78, 5) is 11.2. The number of hydrogen-bond donors (Lipinski definition) is 0. The molecule has 0 radical (unpaired) electrons. The fourth-order valence-corrected chi connectivity index (χ4v) is 1.20. The van der Waals surface area contributed by atoms with Crippen LogP contribution >= 0.6 is 11.6 Å². The molecular weight excluding hydrogens is 231 g/mol. The number of carbonyl (C=O) groups excluding carboxylic acids is 1. The Bertz CT molecular complexity index is 446. The van der Waals surface area contributed by atoms with Gasteiger partial charge < -0.3 is 4.74 Å². The van der Waals surface area contributed by atoms with Gasteiger partial charge in [0, 0.05) is 17.9 Å². The Morgan fingerprint density at radius 2 is 2.25 bits per heavy atom. The van der Waals surface area contributed by atoms with Crippen LogP contribution in [0.2, 0.25) is 0 Å². The van der Waals surface area contributed by atoms with Crippen molar-refractivity contribution in [2.75, 3.05) is 13.0 Å². The Morgan fingerprint density at radius 1 is 1.50 bits per heavy atom. The number of carbonyl (C=O) groups is 1. The Balaban J connectivity index is 3.00. The zero-order valence-corrected chi connectivity index (χ0v) is 9.47. The largest absolute Gasteiger partial charge is 0.465 e. The second-order valence-electron chi connectivity index (χ2n) is 2.96. The first-order chi connectivity index (χ1) is 7.67. The molecule has 0 aromatic heterocycles. The molecule has 0 saturated heterocycles. The number of hydrogen-bond acceptors (Lipinski definition) is 2. The molecule has 84 valence electrons. The lowest BCUT2D eigenvalue weighted by atomic mass is 10.1. The van der Waals surface area contributed by atoms with Crippen LogP contribution in [-0.4, -0.2) is 19.0 Å². The highest BCUT2D eigenvalue weighted by Crippen LogP contribution is 2.09. The number of alkyl halides is 1. The van der Waals surface area contributed by atoms with E-state index in [0.717, 1.165) is 6.07 Å². The van der Waals surface area contributed by atoms with E-state index in [1.807, 2.05) is 0 Å². The SMILES string of the molecule is COC(=O)c1cc(F)cc(C#CCCCl)c1. The summed E-state index contributed by atoms with van der Waals surface area (Å²) in [5.74, 6) is 4.81. The minimum absolute atomic E-state index is 0.151. The summed E-state index contributed by atoms with van der Waals surface area (Å²) in [6.45, 7) is 0. The Kier molecular flexibility index (Phi) is 4.81. The van der Waals surface area contributed by atoms with E-state index in [1.54, 1.807) is 0 Å². The van der Waals surface area contributed by atoms with E-state index in [-0.39, 0.29) is 5.56 Å². The zero-order chi connectivity index (χ0) is 12.0. The van der Waals surface area contributed by atoms with Crippen molar-refractivity contribution in [3.63, 3.8) is 0 Å². The summed E-state index contributed by atoms with van der Waals surface area (Å²) in [5.41, 5.74) is 0.586. The van der Waals surface area contributed by atoms with Crippen molar-refractivity contribution in [1.29, 1.82) is 0 Å². The quantitative estimate of drug-likeness (QED) is 0.451. The summed E-state index contributed by atoms with van der Waals surface area (Å²) >= 11 is 5.45. The molecule has 0 fully saturated rings. The maximum absolute atomic E-state index is 13.1. The van der Waals surface area contributed by atoms with Gasteiger partial charge in [-0.25, -0.2) is 9.18 Å². The third-order valence-corrected chi connectivity index (χ3v) is 1.96. The van der Waals surface area contributed by atoms with E-state index in [4.69, 9.17) is 11.6 Å². The molecule has 0 heterocycles. The van der Waals surface area contributed by atoms with Crippen LogP contribution in [0, 0.1) is 17.7 Å². The number of rotatable bonds is 2. The van der Waals surface area contributed by atoms with E-state index in [1.165, 1.54) is 19.2 Å². The van der Waals surface area contributed by atoms with E-state index in [2.05, 4.69) is 16.6 Å². The molecule has 0 aliphatic rings. The number of methoxy groups -OCH3 is 1. The molecule has 0 saturated carbocycles. The first-order valence-electron chi connectivity index (χ1n) is 4.61. The van der Waals surface area contributed by atoms with Crippen molar-refractivity contribution < 1.29 is 13.9 Å². The normalized spacial score (nSPS) is 9.19. The summed E-state index contributed by atoms with van der Waals surface area (Å²) in [6, 6.07) is 3.85. The zero-order valence-electron chi connectivity index (χ0n) is 8.72. The maximum Gasteiger partial charge on any atom is 0.337 e. The lowest BCUT2D eigenvalue weighted by Crippen LogP contribution is -2.02. The molecule has 0 amide bonds. The van der Waals surface area contributed by atoms with Crippen molar-refractivity contribution in [2.24, 2.45) is 0 Å². The summed E-state index contributed by atoms with van der Waals surface area (Å²) in [5, 5.41) is 0. The van der Waals surface area contributed by atoms with Gasteiger partial charge in [0.1, 0.15) is 5.82 Å². The van der Waals surface area contributed by atoms with E-state index < -0.39 is 11.8 Å². The van der Waals surface area contributed by atoms with E-state index in [9.17, 15) is 9.18 Å². The second kappa shape index (κ2) is 6.14. The van der Waals surface area contributed by atoms with Gasteiger partial charge >= 0.3 is 5.97 Å². The smallest absolute Gasteiger partial charge is 0.337 e. The Labute approximate surface area is 98.4 Å². The first-order valence-corrected chi connectivity index (χ1v) is 5.14. The van der Waals surface area contributed by atoms with Crippen LogP contribution < -0.4 is 0 Å². The average Bonchev–Trinajstić information content (AvgIpc) is 2.27. The highest BCUT2D eigenvalue weighted by molar-refractivity contribution is 6.18. The minimum Gasteiger partial charge on any atom is -0.465 e. The molecule has 1 aromatic carbocycles. The summed E-state index contributed by atoms with van der Waals surface area (Å²) in [6.07, 6.45) is 0.519. The Hall–Kier alpha value is -1.53. The molecule has 2 nitrogen and oxygen atoms in total. The molecule has 4 heteroatoms. The first kappa shape index (κ1) is 12.5. The van der Waals surface area contributed by atoms with Crippen molar-refractivity contribution in [3.8, 4) is 11.8 Å². The molecule has 0 atom stereocenters. The Morgan fingerprint density at radius 3 is 2.88 bits per heavy atom. The van der Waals surface area contributed by atoms with Gasteiger partial charge in [0.25, 0.3) is 0 Å². The fraction of sp³-hybridized carbons (Fsp3) is 0.250. The molecule has 0 bridgehead atoms. The van der Waals surface area contributed by atoms with Gasteiger partial charge in [0.15, 0.2) is 0 Å². The predicted molar refractivity (Wildman–Crippen MR) is 60.0 cm³/mol.